The van der Waals surface area contributed by atoms with E-state index >= 15 is 0 Å². The monoisotopic (exact) mass is 374 g/mol. The largest absolute Gasteiger partial charge is 0.455 e. The van der Waals surface area contributed by atoms with Crippen molar-refractivity contribution in [1.82, 2.24) is 10.9 Å². The van der Waals surface area contributed by atoms with Crippen LogP contribution in [0, 0.1) is 12.3 Å². The van der Waals surface area contributed by atoms with Gasteiger partial charge in [0.15, 0.2) is 11.5 Å². The second-order valence-electron chi connectivity index (χ2n) is 7.21. The summed E-state index contributed by atoms with van der Waals surface area (Å²) >= 11 is 5.78. The van der Waals surface area contributed by atoms with Crippen LogP contribution in [0.4, 0.5) is 0 Å². The van der Waals surface area contributed by atoms with E-state index in [0.717, 1.165) is 0 Å². The van der Waals surface area contributed by atoms with Crippen molar-refractivity contribution < 1.29 is 18.8 Å². The standard InChI is InChI=1S/C19H19ClN2O4/c1-10-15-13(23)8-19(2,3)9-14(15)26-16(10)18(25)22-21-17(24)11-4-6-12(20)7-5-11/h4-7H,8-9H2,1-3H3,(H,21,24)(H,22,25). The number of Topliss-reactive ketones (excluding diaryl/α,β-unsaturated/α-hetero) is 1. The van der Waals surface area contributed by atoms with Gasteiger partial charge in [-0.15, -0.1) is 0 Å². The molecule has 2 amide bonds. The number of rotatable bonds is 2. The van der Waals surface area contributed by atoms with Gasteiger partial charge in [-0.25, -0.2) is 0 Å². The van der Waals surface area contributed by atoms with Crippen LogP contribution in [0.5, 0.6) is 0 Å². The lowest BCUT2D eigenvalue weighted by Gasteiger charge is -2.27. The third kappa shape index (κ3) is 3.51. The Bertz CT molecular complexity index is 897. The molecular weight excluding hydrogens is 356 g/mol. The van der Waals surface area contributed by atoms with Gasteiger partial charge < -0.3 is 4.42 Å². The molecule has 0 aliphatic heterocycles. The van der Waals surface area contributed by atoms with Gasteiger partial charge in [0.25, 0.3) is 5.91 Å². The Morgan fingerprint density at radius 3 is 2.35 bits per heavy atom. The van der Waals surface area contributed by atoms with Gasteiger partial charge in [-0.3, -0.25) is 25.2 Å². The summed E-state index contributed by atoms with van der Waals surface area (Å²) in [6.07, 6.45) is 0.994. The molecule has 1 aromatic heterocycles. The third-order valence-electron chi connectivity index (χ3n) is 4.38. The molecule has 3 rings (SSSR count). The maximum Gasteiger partial charge on any atom is 0.305 e. The molecular formula is C19H19ClN2O4. The van der Waals surface area contributed by atoms with Crippen molar-refractivity contribution in [3.63, 3.8) is 0 Å². The van der Waals surface area contributed by atoms with Crippen LogP contribution in [0.3, 0.4) is 0 Å². The molecule has 0 atom stereocenters. The van der Waals surface area contributed by atoms with Gasteiger partial charge in [-0.2, -0.15) is 0 Å². The number of carbonyl (C=O) groups excluding carboxylic acids is 3. The quantitative estimate of drug-likeness (QED) is 0.788. The second kappa shape index (κ2) is 6.61. The van der Waals surface area contributed by atoms with Gasteiger partial charge in [0.05, 0.1) is 5.56 Å². The molecule has 2 N–H and O–H groups in total. The van der Waals surface area contributed by atoms with Crippen molar-refractivity contribution in [2.24, 2.45) is 5.41 Å². The minimum atomic E-state index is -0.607. The lowest BCUT2D eigenvalue weighted by molar-refractivity contribution is 0.0827. The first-order valence-corrected chi connectivity index (χ1v) is 8.57. The normalized spacial score (nSPS) is 15.3. The number of fused-ring (bicyclic) bond motifs is 1. The van der Waals surface area contributed by atoms with E-state index in [0.29, 0.717) is 40.3 Å². The van der Waals surface area contributed by atoms with Gasteiger partial charge in [0.2, 0.25) is 0 Å². The number of halogens is 1. The Labute approximate surface area is 155 Å². The molecule has 0 bridgehead atoms. The fourth-order valence-corrected chi connectivity index (χ4v) is 3.27. The number of ketones is 1. The van der Waals surface area contributed by atoms with Crippen LogP contribution in [-0.2, 0) is 6.42 Å². The number of benzene rings is 1. The number of nitrogens with one attached hydrogen (secondary N) is 2. The summed E-state index contributed by atoms with van der Waals surface area (Å²) in [5.41, 5.74) is 5.78. The maximum absolute atomic E-state index is 12.4. The summed E-state index contributed by atoms with van der Waals surface area (Å²) in [7, 11) is 0. The van der Waals surface area contributed by atoms with E-state index in [9.17, 15) is 14.4 Å². The fraction of sp³-hybridized carbons (Fsp3) is 0.316. The van der Waals surface area contributed by atoms with E-state index in [1.165, 1.54) is 0 Å². The molecule has 0 saturated carbocycles. The first-order valence-electron chi connectivity index (χ1n) is 8.20. The first kappa shape index (κ1) is 18.2. The van der Waals surface area contributed by atoms with Gasteiger partial charge in [0, 0.05) is 29.0 Å². The van der Waals surface area contributed by atoms with Crippen LogP contribution in [0.2, 0.25) is 5.02 Å². The van der Waals surface area contributed by atoms with Crippen LogP contribution in [0.1, 0.15) is 62.9 Å². The summed E-state index contributed by atoms with van der Waals surface area (Å²) in [6.45, 7) is 5.64. The minimum absolute atomic E-state index is 0.0262. The molecule has 1 aliphatic rings. The highest BCUT2D eigenvalue weighted by Gasteiger charge is 2.37. The third-order valence-corrected chi connectivity index (χ3v) is 4.63. The van der Waals surface area contributed by atoms with Gasteiger partial charge in [-0.1, -0.05) is 25.4 Å². The molecule has 136 valence electrons. The molecule has 26 heavy (non-hydrogen) atoms. The van der Waals surface area contributed by atoms with Crippen molar-refractivity contribution in [2.45, 2.75) is 33.6 Å². The van der Waals surface area contributed by atoms with Crippen molar-refractivity contribution in [3.8, 4) is 0 Å². The van der Waals surface area contributed by atoms with Gasteiger partial charge in [-0.05, 0) is 36.6 Å². The van der Waals surface area contributed by atoms with Gasteiger partial charge >= 0.3 is 5.91 Å². The van der Waals surface area contributed by atoms with Gasteiger partial charge in [0.1, 0.15) is 5.76 Å². The predicted molar refractivity (Wildman–Crippen MR) is 96.3 cm³/mol. The molecule has 1 aliphatic carbocycles. The van der Waals surface area contributed by atoms with E-state index in [2.05, 4.69) is 10.9 Å². The van der Waals surface area contributed by atoms with Crippen LogP contribution in [0.15, 0.2) is 28.7 Å². The highest BCUT2D eigenvalue weighted by Crippen LogP contribution is 2.38. The van der Waals surface area contributed by atoms with E-state index in [4.69, 9.17) is 16.0 Å². The molecule has 0 saturated heterocycles. The zero-order valence-corrected chi connectivity index (χ0v) is 15.5. The van der Waals surface area contributed by atoms with Crippen molar-refractivity contribution in [3.05, 3.63) is 57.5 Å². The van der Waals surface area contributed by atoms with Crippen LogP contribution in [-0.4, -0.2) is 17.6 Å². The minimum Gasteiger partial charge on any atom is -0.455 e. The summed E-state index contributed by atoms with van der Waals surface area (Å²) in [4.78, 5) is 36.8. The van der Waals surface area contributed by atoms with E-state index in [1.54, 1.807) is 31.2 Å². The molecule has 0 radical (unpaired) electrons. The average molecular weight is 375 g/mol. The number of furan rings is 1. The number of hydrogen-bond donors (Lipinski definition) is 2. The number of hydrogen-bond acceptors (Lipinski definition) is 4. The zero-order chi connectivity index (χ0) is 19.1. The van der Waals surface area contributed by atoms with Crippen molar-refractivity contribution >= 4 is 29.2 Å². The maximum atomic E-state index is 12.4. The molecule has 1 heterocycles. The smallest absolute Gasteiger partial charge is 0.305 e. The zero-order valence-electron chi connectivity index (χ0n) is 14.7. The lowest BCUT2D eigenvalue weighted by Crippen LogP contribution is -2.41. The molecule has 0 fully saturated rings. The summed E-state index contributed by atoms with van der Waals surface area (Å²) in [6, 6.07) is 6.25. The highest BCUT2D eigenvalue weighted by molar-refractivity contribution is 6.30. The SMILES string of the molecule is Cc1c(C(=O)NNC(=O)c2ccc(Cl)cc2)oc2c1C(=O)CC(C)(C)C2. The lowest BCUT2D eigenvalue weighted by atomic mass is 9.76. The van der Waals surface area contributed by atoms with E-state index in [-0.39, 0.29) is 17.0 Å². The molecule has 0 spiro atoms. The Morgan fingerprint density at radius 2 is 1.69 bits per heavy atom. The fourth-order valence-electron chi connectivity index (χ4n) is 3.14. The second-order valence-corrected chi connectivity index (χ2v) is 7.65. The Hall–Kier alpha value is -2.60. The van der Waals surface area contributed by atoms with Crippen LogP contribution < -0.4 is 10.9 Å². The topological polar surface area (TPSA) is 88.4 Å². The summed E-state index contributed by atoms with van der Waals surface area (Å²) < 4.78 is 5.66. The van der Waals surface area contributed by atoms with Crippen LogP contribution >= 0.6 is 11.6 Å². The summed E-state index contributed by atoms with van der Waals surface area (Å²) in [5.74, 6) is -0.553. The van der Waals surface area contributed by atoms with Crippen molar-refractivity contribution in [1.29, 1.82) is 0 Å². The summed E-state index contributed by atoms with van der Waals surface area (Å²) in [5, 5.41) is 0.509. The molecule has 6 nitrogen and oxygen atoms in total. The molecule has 1 aromatic carbocycles. The number of carbonyl (C=O) groups is 3. The van der Waals surface area contributed by atoms with E-state index in [1.807, 2.05) is 13.8 Å². The van der Waals surface area contributed by atoms with Crippen LogP contribution in [0.25, 0.3) is 0 Å². The average Bonchev–Trinajstić information content (AvgIpc) is 2.88. The first-order chi connectivity index (χ1) is 12.2. The Balaban J connectivity index is 1.74. The highest BCUT2D eigenvalue weighted by atomic mass is 35.5. The molecule has 7 heteroatoms. The predicted octanol–water partition coefficient (Wildman–Crippen LogP) is 3.47. The number of hydrazine groups is 1. The van der Waals surface area contributed by atoms with Crippen molar-refractivity contribution in [2.75, 3.05) is 0 Å². The Morgan fingerprint density at radius 1 is 1.08 bits per heavy atom. The Kier molecular flexibility index (Phi) is 4.63. The molecule has 2 aromatic rings. The molecule has 0 unspecified atom stereocenters. The number of amides is 2. The van der Waals surface area contributed by atoms with E-state index < -0.39 is 11.8 Å².